The van der Waals surface area contributed by atoms with Crippen molar-refractivity contribution in [2.24, 2.45) is 7.05 Å². The number of aromatic hydroxyl groups is 2. The third-order valence-electron chi connectivity index (χ3n) is 3.56. The van der Waals surface area contributed by atoms with Gasteiger partial charge in [-0.25, -0.2) is 0 Å². The molecule has 0 aliphatic heterocycles. The van der Waals surface area contributed by atoms with Crippen LogP contribution < -0.4 is 10.2 Å². The summed E-state index contributed by atoms with van der Waals surface area (Å²) >= 11 is 0. The van der Waals surface area contributed by atoms with Gasteiger partial charge >= 0.3 is 5.97 Å². The zero-order chi connectivity index (χ0) is 16.0. The molecule has 0 saturated carbocycles. The van der Waals surface area contributed by atoms with Gasteiger partial charge in [-0.2, -0.15) is 0 Å². The Hall–Kier alpha value is -3.02. The van der Waals surface area contributed by atoms with Crippen molar-refractivity contribution in [3.05, 3.63) is 40.6 Å². The zero-order valence-corrected chi connectivity index (χ0v) is 12.0. The number of rotatable bonds is 1. The van der Waals surface area contributed by atoms with Crippen molar-refractivity contribution in [3.63, 3.8) is 0 Å². The second-order valence-electron chi connectivity index (χ2n) is 4.97. The summed E-state index contributed by atoms with van der Waals surface area (Å²) in [5.41, 5.74) is 0.643. The fourth-order valence-electron chi connectivity index (χ4n) is 2.57. The standard InChI is InChI=1S/C16H13NO5/c1-8(18)22-16-13-11(7-12(19)15(16)21)17(2)10-6-4-3-5-9(10)14(13)20/h3-7,19,21H,1-2H3. The van der Waals surface area contributed by atoms with Crippen molar-refractivity contribution in [1.82, 2.24) is 4.57 Å². The number of phenolic OH excluding ortho intramolecular Hbond substituents is 2. The number of aromatic nitrogens is 1. The lowest BCUT2D eigenvalue weighted by Crippen LogP contribution is -2.12. The minimum atomic E-state index is -0.697. The molecule has 0 fully saturated rings. The lowest BCUT2D eigenvalue weighted by molar-refractivity contribution is -0.131. The van der Waals surface area contributed by atoms with Gasteiger partial charge < -0.3 is 19.5 Å². The average Bonchev–Trinajstić information content (AvgIpc) is 2.49. The quantitative estimate of drug-likeness (QED) is 0.310. The Morgan fingerprint density at radius 1 is 1.18 bits per heavy atom. The molecule has 2 aromatic carbocycles. The van der Waals surface area contributed by atoms with Crippen LogP contribution in [0.3, 0.4) is 0 Å². The van der Waals surface area contributed by atoms with Crippen LogP contribution in [0.25, 0.3) is 21.8 Å². The predicted molar refractivity (Wildman–Crippen MR) is 81.3 cm³/mol. The van der Waals surface area contributed by atoms with E-state index in [0.29, 0.717) is 16.4 Å². The molecule has 3 rings (SSSR count). The second kappa shape index (κ2) is 4.77. The summed E-state index contributed by atoms with van der Waals surface area (Å²) in [6, 6.07) is 8.21. The molecule has 3 aromatic rings. The number of ether oxygens (including phenoxy) is 1. The van der Waals surface area contributed by atoms with E-state index in [1.807, 2.05) is 0 Å². The molecule has 0 aliphatic rings. The van der Waals surface area contributed by atoms with E-state index in [1.165, 1.54) is 6.07 Å². The van der Waals surface area contributed by atoms with E-state index in [1.54, 1.807) is 35.9 Å². The predicted octanol–water partition coefficient (Wildman–Crippen LogP) is 2.03. The molecule has 2 N–H and O–H groups in total. The number of esters is 1. The van der Waals surface area contributed by atoms with Crippen LogP contribution in [0.2, 0.25) is 0 Å². The van der Waals surface area contributed by atoms with E-state index < -0.39 is 17.5 Å². The van der Waals surface area contributed by atoms with Crippen molar-refractivity contribution < 1.29 is 19.7 Å². The van der Waals surface area contributed by atoms with Crippen LogP contribution in [-0.4, -0.2) is 20.7 Å². The zero-order valence-electron chi connectivity index (χ0n) is 12.0. The highest BCUT2D eigenvalue weighted by molar-refractivity contribution is 5.99. The third-order valence-corrected chi connectivity index (χ3v) is 3.56. The fraction of sp³-hybridized carbons (Fsp3) is 0.125. The van der Waals surface area contributed by atoms with Gasteiger partial charge in [-0.1, -0.05) is 12.1 Å². The Bertz CT molecular complexity index is 987. The lowest BCUT2D eigenvalue weighted by atomic mass is 10.1. The van der Waals surface area contributed by atoms with Crippen LogP contribution in [0.1, 0.15) is 6.92 Å². The molecule has 112 valence electrons. The van der Waals surface area contributed by atoms with Crippen molar-refractivity contribution in [2.75, 3.05) is 0 Å². The van der Waals surface area contributed by atoms with Gasteiger partial charge in [0, 0.05) is 25.4 Å². The van der Waals surface area contributed by atoms with Crippen LogP contribution >= 0.6 is 0 Å². The number of hydrogen-bond donors (Lipinski definition) is 2. The third kappa shape index (κ3) is 1.88. The minimum Gasteiger partial charge on any atom is -0.504 e. The summed E-state index contributed by atoms with van der Waals surface area (Å²) in [6.07, 6.45) is 0. The summed E-state index contributed by atoms with van der Waals surface area (Å²) in [7, 11) is 1.72. The van der Waals surface area contributed by atoms with E-state index in [2.05, 4.69) is 0 Å². The number of benzene rings is 2. The summed E-state index contributed by atoms with van der Waals surface area (Å²) in [5.74, 6) is -2.12. The largest absolute Gasteiger partial charge is 0.504 e. The monoisotopic (exact) mass is 299 g/mol. The number of hydrogen-bond acceptors (Lipinski definition) is 5. The molecule has 0 aliphatic carbocycles. The van der Waals surface area contributed by atoms with Gasteiger partial charge in [0.2, 0.25) is 11.2 Å². The molecule has 0 atom stereocenters. The number of fused-ring (bicyclic) bond motifs is 2. The first-order chi connectivity index (χ1) is 10.4. The molecule has 6 heteroatoms. The Morgan fingerprint density at radius 2 is 1.86 bits per heavy atom. The Morgan fingerprint density at radius 3 is 2.55 bits per heavy atom. The Balaban J connectivity index is 2.61. The van der Waals surface area contributed by atoms with Crippen LogP contribution in [0.5, 0.6) is 17.2 Å². The number of carbonyl (C=O) groups excluding carboxylic acids is 1. The highest BCUT2D eigenvalue weighted by Gasteiger charge is 2.21. The van der Waals surface area contributed by atoms with Crippen molar-refractivity contribution in [2.45, 2.75) is 6.92 Å². The molecule has 0 unspecified atom stereocenters. The first-order valence-electron chi connectivity index (χ1n) is 6.56. The first kappa shape index (κ1) is 13.9. The molecule has 22 heavy (non-hydrogen) atoms. The van der Waals surface area contributed by atoms with Crippen molar-refractivity contribution >= 4 is 27.8 Å². The molecule has 0 radical (unpaired) electrons. The van der Waals surface area contributed by atoms with Gasteiger partial charge in [-0.15, -0.1) is 0 Å². The van der Waals surface area contributed by atoms with Gasteiger partial charge in [-0.05, 0) is 12.1 Å². The Labute approximate surface area is 124 Å². The molecular formula is C16H13NO5. The number of carbonyl (C=O) groups is 1. The van der Waals surface area contributed by atoms with E-state index in [4.69, 9.17) is 4.74 Å². The summed E-state index contributed by atoms with van der Waals surface area (Å²) < 4.78 is 6.65. The number of pyridine rings is 1. The molecule has 0 spiro atoms. The van der Waals surface area contributed by atoms with Crippen molar-refractivity contribution in [3.8, 4) is 17.2 Å². The van der Waals surface area contributed by atoms with Gasteiger partial charge in [0.15, 0.2) is 11.5 Å². The topological polar surface area (TPSA) is 88.8 Å². The van der Waals surface area contributed by atoms with E-state index >= 15 is 0 Å². The average molecular weight is 299 g/mol. The van der Waals surface area contributed by atoms with Gasteiger partial charge in [0.1, 0.15) is 0 Å². The number of nitrogens with zero attached hydrogens (tertiary/aromatic N) is 1. The van der Waals surface area contributed by atoms with Crippen molar-refractivity contribution in [1.29, 1.82) is 0 Å². The highest BCUT2D eigenvalue weighted by Crippen LogP contribution is 2.41. The van der Waals surface area contributed by atoms with E-state index in [0.717, 1.165) is 6.92 Å². The van der Waals surface area contributed by atoms with Crippen LogP contribution in [0.15, 0.2) is 35.1 Å². The lowest BCUT2D eigenvalue weighted by Gasteiger charge is -2.14. The smallest absolute Gasteiger partial charge is 0.308 e. The SMILES string of the molecule is CC(=O)Oc1c(O)c(O)cc2c1c(=O)c1ccccc1n2C. The Kier molecular flexibility index (Phi) is 3.02. The molecule has 1 heterocycles. The first-order valence-corrected chi connectivity index (χ1v) is 6.56. The van der Waals surface area contributed by atoms with Crippen LogP contribution in [-0.2, 0) is 11.8 Å². The van der Waals surface area contributed by atoms with Crippen LogP contribution in [0.4, 0.5) is 0 Å². The number of aryl methyl sites for hydroxylation is 1. The molecular weight excluding hydrogens is 286 g/mol. The second-order valence-corrected chi connectivity index (χ2v) is 4.97. The fourth-order valence-corrected chi connectivity index (χ4v) is 2.57. The summed E-state index contributed by atoms with van der Waals surface area (Å²) in [4.78, 5) is 24.0. The minimum absolute atomic E-state index is 0.0479. The maximum Gasteiger partial charge on any atom is 0.308 e. The molecule has 0 amide bonds. The van der Waals surface area contributed by atoms with Gasteiger partial charge in [0.05, 0.1) is 16.4 Å². The normalized spacial score (nSPS) is 11.0. The number of phenols is 2. The molecule has 0 bridgehead atoms. The van der Waals surface area contributed by atoms with Crippen LogP contribution in [0, 0.1) is 0 Å². The molecule has 1 aromatic heterocycles. The van der Waals surface area contributed by atoms with E-state index in [-0.39, 0.29) is 16.6 Å². The number of para-hydroxylation sites is 1. The maximum atomic E-state index is 12.7. The molecule has 0 saturated heterocycles. The summed E-state index contributed by atoms with van der Waals surface area (Å²) in [6.45, 7) is 1.15. The maximum absolute atomic E-state index is 12.7. The van der Waals surface area contributed by atoms with Gasteiger partial charge in [-0.3, -0.25) is 9.59 Å². The molecule has 6 nitrogen and oxygen atoms in total. The highest BCUT2D eigenvalue weighted by atomic mass is 16.5. The summed E-state index contributed by atoms with van der Waals surface area (Å²) in [5, 5.41) is 20.3. The van der Waals surface area contributed by atoms with Gasteiger partial charge in [0.25, 0.3) is 0 Å². The van der Waals surface area contributed by atoms with E-state index in [9.17, 15) is 19.8 Å².